The molecule has 22 heavy (non-hydrogen) atoms. The highest BCUT2D eigenvalue weighted by atomic mass is 32.2. The molecule has 2 aromatic rings. The van der Waals surface area contributed by atoms with Crippen LogP contribution in [0.5, 0.6) is 0 Å². The topological polar surface area (TPSA) is 81.1 Å². The van der Waals surface area contributed by atoms with Crippen LogP contribution >= 0.6 is 0 Å². The molecule has 0 saturated carbocycles. The van der Waals surface area contributed by atoms with Crippen molar-refractivity contribution in [3.05, 3.63) is 48.3 Å². The van der Waals surface area contributed by atoms with E-state index in [1.807, 2.05) is 30.3 Å². The summed E-state index contributed by atoms with van der Waals surface area (Å²) in [7, 11) is -2.92. The van der Waals surface area contributed by atoms with E-state index in [-0.39, 0.29) is 23.5 Å². The Hall–Kier alpha value is -2.15. The zero-order valence-corrected chi connectivity index (χ0v) is 12.8. The largest absolute Gasteiger partial charge is 0.349 e. The average Bonchev–Trinajstić information content (AvgIpc) is 3.00. The Morgan fingerprint density at radius 3 is 2.55 bits per heavy atom. The van der Waals surface area contributed by atoms with Gasteiger partial charge in [0.05, 0.1) is 29.0 Å². The molecule has 0 aliphatic carbocycles. The zero-order chi connectivity index (χ0) is 15.6. The maximum absolute atomic E-state index is 12.2. The van der Waals surface area contributed by atoms with Gasteiger partial charge in [0, 0.05) is 12.2 Å². The molecule has 0 atom stereocenters. The molecule has 1 N–H and O–H groups in total. The molecule has 1 amide bonds. The first kappa shape index (κ1) is 14.8. The lowest BCUT2D eigenvalue weighted by molar-refractivity contribution is 0.0934. The molecule has 7 heteroatoms. The number of hydrogen-bond acceptors (Lipinski definition) is 4. The summed E-state index contributed by atoms with van der Waals surface area (Å²) in [4.78, 5) is 12.2. The van der Waals surface area contributed by atoms with Crippen molar-refractivity contribution in [1.29, 1.82) is 0 Å². The van der Waals surface area contributed by atoms with Crippen molar-refractivity contribution in [3.8, 4) is 5.69 Å². The van der Waals surface area contributed by atoms with E-state index in [0.29, 0.717) is 18.4 Å². The Balaban J connectivity index is 1.65. The fourth-order valence-corrected chi connectivity index (χ4v) is 3.96. The van der Waals surface area contributed by atoms with E-state index < -0.39 is 9.84 Å². The molecule has 1 aromatic heterocycles. The highest BCUT2D eigenvalue weighted by Crippen LogP contribution is 2.13. The van der Waals surface area contributed by atoms with E-state index in [9.17, 15) is 13.2 Å². The quantitative estimate of drug-likeness (QED) is 0.921. The van der Waals surface area contributed by atoms with E-state index in [0.717, 1.165) is 5.69 Å². The Bertz CT molecular complexity index is 754. The number of aromatic nitrogens is 2. The molecule has 0 spiro atoms. The lowest BCUT2D eigenvalue weighted by atomic mass is 10.1. The highest BCUT2D eigenvalue weighted by Gasteiger charge is 2.25. The Morgan fingerprint density at radius 1 is 1.18 bits per heavy atom. The van der Waals surface area contributed by atoms with Gasteiger partial charge in [-0.3, -0.25) is 4.79 Å². The maximum atomic E-state index is 12.2. The molecule has 0 unspecified atom stereocenters. The van der Waals surface area contributed by atoms with Crippen molar-refractivity contribution in [2.75, 3.05) is 11.5 Å². The van der Waals surface area contributed by atoms with E-state index >= 15 is 0 Å². The number of amides is 1. The second-order valence-corrected chi connectivity index (χ2v) is 7.71. The monoisotopic (exact) mass is 319 g/mol. The SMILES string of the molecule is O=C(NC1CCS(=O)(=O)CC1)c1cnn(-c2ccccc2)c1. The maximum Gasteiger partial charge on any atom is 0.254 e. The Labute approximate surface area is 129 Å². The van der Waals surface area contributed by atoms with E-state index in [2.05, 4.69) is 10.4 Å². The summed E-state index contributed by atoms with van der Waals surface area (Å²) < 4.78 is 24.4. The first-order valence-corrected chi connectivity index (χ1v) is 8.97. The molecule has 1 fully saturated rings. The third-order valence-corrected chi connectivity index (χ3v) is 5.47. The van der Waals surface area contributed by atoms with Crippen molar-refractivity contribution >= 4 is 15.7 Å². The van der Waals surface area contributed by atoms with Crippen LogP contribution in [0.15, 0.2) is 42.7 Å². The van der Waals surface area contributed by atoms with Gasteiger partial charge in [-0.2, -0.15) is 5.10 Å². The van der Waals surface area contributed by atoms with Gasteiger partial charge >= 0.3 is 0 Å². The number of hydrogen-bond donors (Lipinski definition) is 1. The highest BCUT2D eigenvalue weighted by molar-refractivity contribution is 7.91. The predicted octanol–water partition coefficient (Wildman–Crippen LogP) is 1.18. The summed E-state index contributed by atoms with van der Waals surface area (Å²) in [6, 6.07) is 9.44. The molecule has 1 saturated heterocycles. The number of rotatable bonds is 3. The Kier molecular flexibility index (Phi) is 3.98. The number of sulfone groups is 1. The predicted molar refractivity (Wildman–Crippen MR) is 82.7 cm³/mol. The molecular weight excluding hydrogens is 302 g/mol. The van der Waals surface area contributed by atoms with Gasteiger partial charge < -0.3 is 5.32 Å². The van der Waals surface area contributed by atoms with Crippen molar-refractivity contribution in [2.45, 2.75) is 18.9 Å². The number of nitrogens with one attached hydrogen (secondary N) is 1. The molecule has 1 aromatic carbocycles. The van der Waals surface area contributed by atoms with Crippen molar-refractivity contribution in [2.24, 2.45) is 0 Å². The summed E-state index contributed by atoms with van der Waals surface area (Å²) in [5, 5.41) is 7.06. The fraction of sp³-hybridized carbons (Fsp3) is 0.333. The van der Waals surface area contributed by atoms with Crippen molar-refractivity contribution < 1.29 is 13.2 Å². The van der Waals surface area contributed by atoms with Crippen molar-refractivity contribution in [3.63, 3.8) is 0 Å². The van der Waals surface area contributed by atoms with E-state index in [1.165, 1.54) is 6.20 Å². The van der Waals surface area contributed by atoms with Gasteiger partial charge in [-0.05, 0) is 25.0 Å². The second-order valence-electron chi connectivity index (χ2n) is 5.41. The minimum absolute atomic E-state index is 0.0869. The van der Waals surface area contributed by atoms with Crippen LogP contribution in [0.2, 0.25) is 0 Å². The molecular formula is C15H17N3O3S. The first-order chi connectivity index (χ1) is 10.5. The summed E-state index contributed by atoms with van der Waals surface area (Å²) in [6.07, 6.45) is 4.13. The lowest BCUT2D eigenvalue weighted by Gasteiger charge is -2.22. The van der Waals surface area contributed by atoms with Gasteiger partial charge in [0.1, 0.15) is 9.84 Å². The van der Waals surface area contributed by atoms with Gasteiger partial charge in [-0.15, -0.1) is 0 Å². The third kappa shape index (κ3) is 3.36. The minimum atomic E-state index is -2.92. The standard InChI is InChI=1S/C15H17N3O3S/c19-15(17-13-6-8-22(20,21)9-7-13)12-10-16-18(11-12)14-4-2-1-3-5-14/h1-5,10-11,13H,6-9H2,(H,17,19). The molecule has 1 aliphatic heterocycles. The summed E-state index contributed by atoms with van der Waals surface area (Å²) in [5.41, 5.74) is 1.35. The number of nitrogens with zero attached hydrogens (tertiary/aromatic N) is 2. The summed E-state index contributed by atoms with van der Waals surface area (Å²) >= 11 is 0. The van der Waals surface area contributed by atoms with Crippen LogP contribution in [0, 0.1) is 0 Å². The molecule has 0 bridgehead atoms. The van der Waals surface area contributed by atoms with Crippen LogP contribution in [0.25, 0.3) is 5.69 Å². The van der Waals surface area contributed by atoms with E-state index in [1.54, 1.807) is 10.9 Å². The molecule has 3 rings (SSSR count). The molecule has 1 aliphatic rings. The van der Waals surface area contributed by atoms with Crippen LogP contribution in [-0.4, -0.2) is 41.7 Å². The smallest absolute Gasteiger partial charge is 0.254 e. The molecule has 116 valence electrons. The molecule has 2 heterocycles. The van der Waals surface area contributed by atoms with Gasteiger partial charge in [0.25, 0.3) is 5.91 Å². The lowest BCUT2D eigenvalue weighted by Crippen LogP contribution is -2.40. The molecule has 0 radical (unpaired) electrons. The second kappa shape index (κ2) is 5.92. The normalized spacial score (nSPS) is 18.0. The van der Waals surface area contributed by atoms with Gasteiger partial charge in [-0.25, -0.2) is 13.1 Å². The van der Waals surface area contributed by atoms with Gasteiger partial charge in [0.15, 0.2) is 0 Å². The van der Waals surface area contributed by atoms with Crippen molar-refractivity contribution in [1.82, 2.24) is 15.1 Å². The summed E-state index contributed by atoms with van der Waals surface area (Å²) in [6.45, 7) is 0. The van der Waals surface area contributed by atoms with Gasteiger partial charge in [0.2, 0.25) is 0 Å². The van der Waals surface area contributed by atoms with Crippen LogP contribution in [0.4, 0.5) is 0 Å². The number of benzene rings is 1. The van der Waals surface area contributed by atoms with Crippen LogP contribution in [0.1, 0.15) is 23.2 Å². The fourth-order valence-electron chi connectivity index (χ4n) is 2.47. The third-order valence-electron chi connectivity index (χ3n) is 3.76. The Morgan fingerprint density at radius 2 is 1.86 bits per heavy atom. The number of carbonyl (C=O) groups is 1. The average molecular weight is 319 g/mol. The molecule has 6 nitrogen and oxygen atoms in total. The number of carbonyl (C=O) groups excluding carboxylic acids is 1. The first-order valence-electron chi connectivity index (χ1n) is 7.15. The van der Waals surface area contributed by atoms with Crippen LogP contribution in [-0.2, 0) is 9.84 Å². The zero-order valence-electron chi connectivity index (χ0n) is 12.0. The number of para-hydroxylation sites is 1. The summed E-state index contributed by atoms with van der Waals surface area (Å²) in [5.74, 6) is 0.0640. The van der Waals surface area contributed by atoms with Crippen LogP contribution in [0.3, 0.4) is 0 Å². The van der Waals surface area contributed by atoms with Crippen LogP contribution < -0.4 is 5.32 Å². The van der Waals surface area contributed by atoms with E-state index in [4.69, 9.17) is 0 Å². The van der Waals surface area contributed by atoms with Gasteiger partial charge in [-0.1, -0.05) is 18.2 Å². The minimum Gasteiger partial charge on any atom is -0.349 e.